The van der Waals surface area contributed by atoms with Crippen molar-refractivity contribution >= 4 is 34.1 Å². The fourth-order valence-corrected chi connectivity index (χ4v) is 4.36. The van der Waals surface area contributed by atoms with Crippen LogP contribution >= 0.6 is 23.2 Å². The van der Waals surface area contributed by atoms with Gasteiger partial charge in [-0.15, -0.1) is 0 Å². The van der Waals surface area contributed by atoms with E-state index < -0.39 is 0 Å². The van der Waals surface area contributed by atoms with Gasteiger partial charge in [0.15, 0.2) is 0 Å². The van der Waals surface area contributed by atoms with Gasteiger partial charge in [-0.1, -0.05) is 47.0 Å². The molecule has 152 valence electrons. The van der Waals surface area contributed by atoms with Crippen LogP contribution in [-0.4, -0.2) is 19.6 Å². The van der Waals surface area contributed by atoms with E-state index in [0.29, 0.717) is 21.5 Å². The highest BCUT2D eigenvalue weighted by Gasteiger charge is 2.30. The first-order valence-corrected chi connectivity index (χ1v) is 10.7. The summed E-state index contributed by atoms with van der Waals surface area (Å²) in [4.78, 5) is 13.5. The highest BCUT2D eigenvalue weighted by Crippen LogP contribution is 2.41. The second kappa shape index (κ2) is 7.25. The molecule has 0 radical (unpaired) electrons. The lowest BCUT2D eigenvalue weighted by molar-refractivity contribution is 0.626. The van der Waals surface area contributed by atoms with Crippen molar-refractivity contribution in [2.24, 2.45) is 0 Å². The number of nitrogens with zero attached hydrogens (tertiary/aromatic N) is 4. The van der Waals surface area contributed by atoms with Gasteiger partial charge in [0.1, 0.15) is 5.52 Å². The normalized spacial score (nSPS) is 13.9. The summed E-state index contributed by atoms with van der Waals surface area (Å²) >= 11 is 12.4. The average molecular weight is 439 g/mol. The van der Waals surface area contributed by atoms with E-state index in [1.54, 1.807) is 23.0 Å². The zero-order chi connectivity index (χ0) is 21.0. The minimum atomic E-state index is -0.183. The lowest BCUT2D eigenvalue weighted by Crippen LogP contribution is -2.26. The van der Waals surface area contributed by atoms with Crippen molar-refractivity contribution in [3.63, 3.8) is 0 Å². The van der Waals surface area contributed by atoms with Crippen molar-refractivity contribution in [3.8, 4) is 5.69 Å². The quantitative estimate of drug-likeness (QED) is 0.426. The van der Waals surface area contributed by atoms with Crippen molar-refractivity contribution in [2.75, 3.05) is 0 Å². The molecule has 2 aromatic carbocycles. The summed E-state index contributed by atoms with van der Waals surface area (Å²) in [6.45, 7) is 4.36. The minimum absolute atomic E-state index is 0.183. The van der Waals surface area contributed by atoms with Crippen LogP contribution in [0.25, 0.3) is 16.6 Å². The number of aryl methyl sites for hydroxylation is 2. The maximum atomic E-state index is 13.5. The number of hydrogen-bond donors (Lipinski definition) is 0. The Morgan fingerprint density at radius 3 is 2.60 bits per heavy atom. The second-order valence-electron chi connectivity index (χ2n) is 7.97. The Kier molecular flexibility index (Phi) is 4.68. The van der Waals surface area contributed by atoms with Crippen LogP contribution in [0.3, 0.4) is 0 Å². The van der Waals surface area contributed by atoms with Gasteiger partial charge in [0.05, 0.1) is 24.1 Å². The maximum Gasteiger partial charge on any atom is 0.293 e. The Hall–Kier alpha value is -2.63. The van der Waals surface area contributed by atoms with Crippen LogP contribution in [0.15, 0.2) is 47.4 Å². The number of hydrogen-bond acceptors (Lipinski definition) is 3. The zero-order valence-electron chi connectivity index (χ0n) is 16.7. The van der Waals surface area contributed by atoms with Crippen LogP contribution < -0.4 is 5.56 Å². The van der Waals surface area contributed by atoms with Gasteiger partial charge < -0.3 is 0 Å². The van der Waals surface area contributed by atoms with Gasteiger partial charge in [-0.2, -0.15) is 10.2 Å². The largest absolute Gasteiger partial charge is 0.293 e. The van der Waals surface area contributed by atoms with Gasteiger partial charge in [0.2, 0.25) is 0 Å². The summed E-state index contributed by atoms with van der Waals surface area (Å²) in [6, 6.07) is 11.4. The molecule has 1 aliphatic carbocycles. The molecule has 1 saturated carbocycles. The lowest BCUT2D eigenvalue weighted by atomic mass is 10.1. The van der Waals surface area contributed by atoms with E-state index in [0.717, 1.165) is 40.7 Å². The first kappa shape index (κ1) is 19.3. The molecule has 5 rings (SSSR count). The van der Waals surface area contributed by atoms with Gasteiger partial charge in [0, 0.05) is 21.3 Å². The smallest absolute Gasteiger partial charge is 0.265 e. The lowest BCUT2D eigenvalue weighted by Gasteiger charge is -2.12. The minimum Gasteiger partial charge on any atom is -0.265 e. The number of fused-ring (bicyclic) bond motifs is 1. The maximum absolute atomic E-state index is 13.5. The first-order chi connectivity index (χ1) is 14.4. The summed E-state index contributed by atoms with van der Waals surface area (Å²) in [6.07, 6.45) is 3.93. The van der Waals surface area contributed by atoms with Gasteiger partial charge >= 0.3 is 0 Å². The number of rotatable bonds is 4. The topological polar surface area (TPSA) is 52.7 Å². The Balaban J connectivity index is 1.72. The molecule has 1 fully saturated rings. The summed E-state index contributed by atoms with van der Waals surface area (Å²) in [5.74, 6) is 0.372. The van der Waals surface area contributed by atoms with Crippen molar-refractivity contribution in [3.05, 3.63) is 85.4 Å². The van der Waals surface area contributed by atoms with Crippen LogP contribution in [-0.2, 0) is 6.54 Å². The summed E-state index contributed by atoms with van der Waals surface area (Å²) < 4.78 is 3.26. The molecule has 0 atom stereocenters. The van der Waals surface area contributed by atoms with Gasteiger partial charge in [-0.25, -0.2) is 9.36 Å². The molecule has 0 bridgehead atoms. The zero-order valence-corrected chi connectivity index (χ0v) is 18.2. The van der Waals surface area contributed by atoms with Crippen LogP contribution in [0.1, 0.15) is 41.1 Å². The van der Waals surface area contributed by atoms with E-state index in [2.05, 4.69) is 18.1 Å². The van der Waals surface area contributed by atoms with Crippen LogP contribution in [0.2, 0.25) is 10.0 Å². The van der Waals surface area contributed by atoms with Crippen molar-refractivity contribution < 1.29 is 0 Å². The third kappa shape index (κ3) is 3.32. The Morgan fingerprint density at radius 2 is 1.90 bits per heavy atom. The molecular weight excluding hydrogens is 419 g/mol. The molecule has 7 heteroatoms. The van der Waals surface area contributed by atoms with E-state index in [1.165, 1.54) is 10.2 Å². The SMILES string of the molecule is Cc1ccc(-n2ncc3c(C4CC4)nn(Cc4ccc(Cl)cc4Cl)c(=O)c32)c(C)c1. The molecule has 0 spiro atoms. The molecule has 1 aliphatic rings. The molecule has 0 saturated heterocycles. The van der Waals surface area contributed by atoms with Crippen LogP contribution in [0.5, 0.6) is 0 Å². The summed E-state index contributed by atoms with van der Waals surface area (Å²) in [5, 5.41) is 11.2. The standard InChI is InChI=1S/C23H20Cl2N4O/c1-13-3-8-20(14(2)9-13)29-22-18(11-26-29)21(15-4-5-15)27-28(23(22)30)12-16-6-7-17(24)10-19(16)25/h3,6-11,15H,4-5,12H2,1-2H3. The van der Waals surface area contributed by atoms with Crippen molar-refractivity contribution in [1.29, 1.82) is 0 Å². The molecular formula is C23H20Cl2N4O. The Morgan fingerprint density at radius 1 is 1.10 bits per heavy atom. The fourth-order valence-electron chi connectivity index (χ4n) is 3.90. The van der Waals surface area contributed by atoms with E-state index in [4.69, 9.17) is 28.3 Å². The molecule has 0 N–H and O–H groups in total. The first-order valence-electron chi connectivity index (χ1n) is 9.92. The molecule has 30 heavy (non-hydrogen) atoms. The van der Waals surface area contributed by atoms with E-state index in [-0.39, 0.29) is 12.1 Å². The van der Waals surface area contributed by atoms with Gasteiger partial charge in [-0.3, -0.25) is 4.79 Å². The molecule has 2 aromatic heterocycles. The van der Waals surface area contributed by atoms with Crippen molar-refractivity contribution in [2.45, 2.75) is 39.2 Å². The van der Waals surface area contributed by atoms with E-state index in [1.807, 2.05) is 25.1 Å². The number of halogens is 2. The number of aromatic nitrogens is 4. The summed E-state index contributed by atoms with van der Waals surface area (Å²) in [5.41, 5.74) is 5.25. The average Bonchev–Trinajstić information content (AvgIpc) is 3.45. The molecule has 0 unspecified atom stereocenters. The van der Waals surface area contributed by atoms with Crippen LogP contribution in [0, 0.1) is 13.8 Å². The molecule has 0 amide bonds. The Labute approximate surface area is 183 Å². The number of benzene rings is 2. The second-order valence-corrected chi connectivity index (χ2v) is 8.81. The fraction of sp³-hybridized carbons (Fsp3) is 0.261. The summed E-state index contributed by atoms with van der Waals surface area (Å²) in [7, 11) is 0. The predicted octanol–water partition coefficient (Wildman–Crippen LogP) is 5.43. The predicted molar refractivity (Wildman–Crippen MR) is 120 cm³/mol. The van der Waals surface area contributed by atoms with Gasteiger partial charge in [0.25, 0.3) is 5.56 Å². The van der Waals surface area contributed by atoms with Crippen LogP contribution in [0.4, 0.5) is 0 Å². The highest BCUT2D eigenvalue weighted by atomic mass is 35.5. The molecule has 0 aliphatic heterocycles. The third-order valence-corrected chi connectivity index (χ3v) is 6.18. The highest BCUT2D eigenvalue weighted by molar-refractivity contribution is 6.35. The van der Waals surface area contributed by atoms with Crippen molar-refractivity contribution in [1.82, 2.24) is 19.6 Å². The van der Waals surface area contributed by atoms with E-state index in [9.17, 15) is 4.79 Å². The Bertz CT molecular complexity index is 1350. The molecule has 4 aromatic rings. The molecule has 2 heterocycles. The third-order valence-electron chi connectivity index (χ3n) is 5.59. The van der Waals surface area contributed by atoms with Gasteiger partial charge in [-0.05, 0) is 56.0 Å². The molecule has 5 nitrogen and oxygen atoms in total. The van der Waals surface area contributed by atoms with E-state index >= 15 is 0 Å². The monoisotopic (exact) mass is 438 g/mol.